The number of hydrogen-bond donors (Lipinski definition) is 1. The molecule has 0 spiro atoms. The maximum Gasteiger partial charge on any atom is 0.124 e. The molecule has 1 N–H and O–H groups in total. The van der Waals surface area contributed by atoms with Gasteiger partial charge in [-0.05, 0) is 25.8 Å². The number of aliphatic imine (C=N–C) groups is 1. The minimum Gasteiger partial charge on any atom is -0.353 e. The lowest BCUT2D eigenvalue weighted by Gasteiger charge is -2.27. The molecule has 2 atom stereocenters. The Kier molecular flexibility index (Phi) is 2.13. The quantitative estimate of drug-likeness (QED) is 0.626. The number of likely N-dealkylation sites (tertiary alicyclic amines) is 1. The van der Waals surface area contributed by atoms with Gasteiger partial charge in [-0.1, -0.05) is 0 Å². The Bertz CT molecular complexity index is 198. The van der Waals surface area contributed by atoms with Crippen molar-refractivity contribution in [3.63, 3.8) is 0 Å². The van der Waals surface area contributed by atoms with Crippen LogP contribution in [-0.2, 0) is 0 Å². The van der Waals surface area contributed by atoms with Crippen LogP contribution in [0.3, 0.4) is 0 Å². The van der Waals surface area contributed by atoms with E-state index in [2.05, 4.69) is 28.2 Å². The SMILES string of the molecule is CC1CCCN1C1C=CNC=N1. The summed E-state index contributed by atoms with van der Waals surface area (Å²) in [6.07, 6.45) is 8.76. The number of hydrogen-bond acceptors (Lipinski definition) is 3. The van der Waals surface area contributed by atoms with E-state index in [0.29, 0.717) is 6.04 Å². The predicted octanol–water partition coefficient (Wildman–Crippen LogP) is 0.942. The second kappa shape index (κ2) is 3.27. The van der Waals surface area contributed by atoms with Gasteiger partial charge in [-0.15, -0.1) is 0 Å². The van der Waals surface area contributed by atoms with Crippen molar-refractivity contribution in [2.45, 2.75) is 32.0 Å². The first-order valence-corrected chi connectivity index (χ1v) is 4.58. The van der Waals surface area contributed by atoms with Gasteiger partial charge in [-0.2, -0.15) is 0 Å². The first kappa shape index (κ1) is 7.80. The summed E-state index contributed by atoms with van der Waals surface area (Å²) < 4.78 is 0. The molecule has 0 bridgehead atoms. The monoisotopic (exact) mass is 165 g/mol. The van der Waals surface area contributed by atoms with Gasteiger partial charge in [0.15, 0.2) is 0 Å². The fourth-order valence-electron chi connectivity index (χ4n) is 1.90. The molecule has 3 nitrogen and oxygen atoms in total. The second-order valence-electron chi connectivity index (χ2n) is 3.45. The summed E-state index contributed by atoms with van der Waals surface area (Å²) in [5.41, 5.74) is 0. The van der Waals surface area contributed by atoms with Gasteiger partial charge in [0.1, 0.15) is 6.17 Å². The highest BCUT2D eigenvalue weighted by atomic mass is 15.3. The summed E-state index contributed by atoms with van der Waals surface area (Å²) in [6.45, 7) is 3.46. The van der Waals surface area contributed by atoms with Gasteiger partial charge in [-0.25, -0.2) is 0 Å². The van der Waals surface area contributed by atoms with Crippen molar-refractivity contribution in [3.8, 4) is 0 Å². The zero-order valence-corrected chi connectivity index (χ0v) is 7.40. The summed E-state index contributed by atoms with van der Waals surface area (Å²) in [6, 6.07) is 0.690. The number of nitrogens with one attached hydrogen (secondary N) is 1. The van der Waals surface area contributed by atoms with Crippen LogP contribution in [0.15, 0.2) is 17.3 Å². The van der Waals surface area contributed by atoms with Crippen molar-refractivity contribution in [2.75, 3.05) is 6.54 Å². The second-order valence-corrected chi connectivity index (χ2v) is 3.45. The fourth-order valence-corrected chi connectivity index (χ4v) is 1.90. The standard InChI is InChI=1S/C9H15N3/c1-8-3-2-6-12(8)9-4-5-10-7-11-9/h4-5,7-9H,2-3,6H2,1H3,(H,10,11). The lowest BCUT2D eigenvalue weighted by Crippen LogP contribution is -2.37. The van der Waals surface area contributed by atoms with Crippen molar-refractivity contribution in [3.05, 3.63) is 12.3 Å². The third-order valence-corrected chi connectivity index (χ3v) is 2.61. The van der Waals surface area contributed by atoms with E-state index in [0.717, 1.165) is 0 Å². The molecule has 0 aliphatic carbocycles. The van der Waals surface area contributed by atoms with E-state index >= 15 is 0 Å². The van der Waals surface area contributed by atoms with Crippen LogP contribution >= 0.6 is 0 Å². The maximum absolute atomic E-state index is 4.36. The highest BCUT2D eigenvalue weighted by molar-refractivity contribution is 5.57. The summed E-state index contributed by atoms with van der Waals surface area (Å²) in [4.78, 5) is 6.80. The van der Waals surface area contributed by atoms with E-state index in [1.165, 1.54) is 19.4 Å². The third-order valence-electron chi connectivity index (χ3n) is 2.61. The lowest BCUT2D eigenvalue weighted by molar-refractivity contribution is 0.228. The highest BCUT2D eigenvalue weighted by Gasteiger charge is 2.25. The van der Waals surface area contributed by atoms with E-state index in [9.17, 15) is 0 Å². The molecule has 66 valence electrons. The minimum absolute atomic E-state index is 0.281. The van der Waals surface area contributed by atoms with Crippen molar-refractivity contribution in [1.29, 1.82) is 0 Å². The first-order chi connectivity index (χ1) is 5.88. The average Bonchev–Trinajstić information content (AvgIpc) is 2.53. The van der Waals surface area contributed by atoms with Crippen molar-refractivity contribution in [1.82, 2.24) is 10.2 Å². The zero-order valence-electron chi connectivity index (χ0n) is 7.40. The molecule has 2 heterocycles. The highest BCUT2D eigenvalue weighted by Crippen LogP contribution is 2.20. The van der Waals surface area contributed by atoms with Crippen LogP contribution in [0.4, 0.5) is 0 Å². The van der Waals surface area contributed by atoms with Gasteiger partial charge in [-0.3, -0.25) is 9.89 Å². The molecular weight excluding hydrogens is 150 g/mol. The molecular formula is C9H15N3. The summed E-state index contributed by atoms with van der Waals surface area (Å²) >= 11 is 0. The summed E-state index contributed by atoms with van der Waals surface area (Å²) in [5, 5.41) is 2.95. The first-order valence-electron chi connectivity index (χ1n) is 4.58. The fraction of sp³-hybridized carbons (Fsp3) is 0.667. The Morgan fingerprint density at radius 2 is 2.50 bits per heavy atom. The number of nitrogens with zero attached hydrogens (tertiary/aromatic N) is 2. The third kappa shape index (κ3) is 1.37. The Hall–Kier alpha value is -0.830. The predicted molar refractivity (Wildman–Crippen MR) is 50.0 cm³/mol. The van der Waals surface area contributed by atoms with Crippen LogP contribution in [0, 0.1) is 0 Å². The van der Waals surface area contributed by atoms with Crippen molar-refractivity contribution < 1.29 is 0 Å². The molecule has 2 aliphatic heterocycles. The van der Waals surface area contributed by atoms with E-state index in [-0.39, 0.29) is 6.17 Å². The molecule has 3 heteroatoms. The molecule has 0 aromatic rings. The maximum atomic E-state index is 4.36. The topological polar surface area (TPSA) is 27.6 Å². The smallest absolute Gasteiger partial charge is 0.124 e. The normalized spacial score (nSPS) is 35.4. The molecule has 0 aromatic heterocycles. The molecule has 2 unspecified atom stereocenters. The molecule has 1 fully saturated rings. The summed E-state index contributed by atoms with van der Waals surface area (Å²) in [7, 11) is 0. The lowest BCUT2D eigenvalue weighted by atomic mass is 10.2. The van der Waals surface area contributed by atoms with E-state index in [1.54, 1.807) is 6.34 Å². The van der Waals surface area contributed by atoms with Crippen molar-refractivity contribution >= 4 is 6.34 Å². The molecule has 0 amide bonds. The molecule has 0 aromatic carbocycles. The molecule has 2 aliphatic rings. The summed E-state index contributed by atoms with van der Waals surface area (Å²) in [5.74, 6) is 0. The molecule has 12 heavy (non-hydrogen) atoms. The van der Waals surface area contributed by atoms with E-state index < -0.39 is 0 Å². The van der Waals surface area contributed by atoms with Gasteiger partial charge >= 0.3 is 0 Å². The zero-order chi connectivity index (χ0) is 8.39. The van der Waals surface area contributed by atoms with Gasteiger partial charge in [0.2, 0.25) is 0 Å². The van der Waals surface area contributed by atoms with E-state index in [4.69, 9.17) is 0 Å². The van der Waals surface area contributed by atoms with Gasteiger partial charge in [0, 0.05) is 18.8 Å². The van der Waals surface area contributed by atoms with Crippen molar-refractivity contribution in [2.24, 2.45) is 4.99 Å². The molecule has 0 saturated carbocycles. The van der Waals surface area contributed by atoms with Crippen LogP contribution in [0.2, 0.25) is 0 Å². The Balaban J connectivity index is 2.02. The van der Waals surface area contributed by atoms with Crippen LogP contribution in [0.5, 0.6) is 0 Å². The Morgan fingerprint density at radius 1 is 1.58 bits per heavy atom. The minimum atomic E-state index is 0.281. The van der Waals surface area contributed by atoms with Crippen LogP contribution < -0.4 is 5.32 Å². The molecule has 2 rings (SSSR count). The van der Waals surface area contributed by atoms with E-state index in [1.807, 2.05) is 6.20 Å². The van der Waals surface area contributed by atoms with Crippen LogP contribution in [0.1, 0.15) is 19.8 Å². The Morgan fingerprint density at radius 3 is 3.08 bits per heavy atom. The number of rotatable bonds is 1. The average molecular weight is 165 g/mol. The van der Waals surface area contributed by atoms with Gasteiger partial charge in [0.25, 0.3) is 0 Å². The van der Waals surface area contributed by atoms with Gasteiger partial charge in [0.05, 0.1) is 6.34 Å². The Labute approximate surface area is 73.2 Å². The van der Waals surface area contributed by atoms with Gasteiger partial charge < -0.3 is 5.32 Å². The largest absolute Gasteiger partial charge is 0.353 e. The molecule has 0 radical (unpaired) electrons. The molecule has 1 saturated heterocycles. The van der Waals surface area contributed by atoms with Crippen LogP contribution in [0.25, 0.3) is 0 Å². The van der Waals surface area contributed by atoms with Crippen LogP contribution in [-0.4, -0.2) is 30.0 Å².